The monoisotopic (exact) mass is 567 g/mol. The number of benzene rings is 2. The summed E-state index contributed by atoms with van der Waals surface area (Å²) in [6, 6.07) is 23.1. The zero-order chi connectivity index (χ0) is 25.8. The SMILES string of the molecule is O=C(O)CC1(CS[C@H](CCc2ccccc2)c2cccc(/C=C/c3ccc4sc(Cl)c(Cl)c4n3)c2)CC1. The second-order valence-electron chi connectivity index (χ2n) is 9.67. The zero-order valence-electron chi connectivity index (χ0n) is 20.2. The number of carbonyl (C=O) groups is 1. The number of aliphatic carboxylic acids is 1. The Labute approximate surface area is 235 Å². The van der Waals surface area contributed by atoms with E-state index >= 15 is 0 Å². The molecule has 3 nitrogen and oxygen atoms in total. The second-order valence-corrected chi connectivity index (χ2v) is 12.9. The van der Waals surface area contributed by atoms with Crippen LogP contribution in [0.3, 0.4) is 0 Å². The van der Waals surface area contributed by atoms with Gasteiger partial charge in [-0.25, -0.2) is 4.98 Å². The quantitative estimate of drug-likeness (QED) is 0.196. The molecule has 0 aliphatic heterocycles. The molecule has 2 aromatic heterocycles. The van der Waals surface area contributed by atoms with E-state index in [2.05, 4.69) is 59.6 Å². The topological polar surface area (TPSA) is 50.2 Å². The fourth-order valence-corrected chi connectivity index (χ4v) is 7.49. The van der Waals surface area contributed by atoms with Crippen molar-refractivity contribution in [1.29, 1.82) is 0 Å². The van der Waals surface area contributed by atoms with Gasteiger partial charge in [0.2, 0.25) is 0 Å². The average Bonchev–Trinajstić information content (AvgIpc) is 3.60. The van der Waals surface area contributed by atoms with Crippen LogP contribution in [0, 0.1) is 5.41 Å². The Morgan fingerprint density at radius 1 is 1.08 bits per heavy atom. The summed E-state index contributed by atoms with van der Waals surface area (Å²) < 4.78 is 1.54. The van der Waals surface area contributed by atoms with Gasteiger partial charge in [-0.1, -0.05) is 83.9 Å². The van der Waals surface area contributed by atoms with Crippen LogP contribution in [0.1, 0.15) is 53.3 Å². The first kappa shape index (κ1) is 26.3. The van der Waals surface area contributed by atoms with Crippen molar-refractivity contribution < 1.29 is 9.90 Å². The first-order chi connectivity index (χ1) is 17.9. The lowest BCUT2D eigenvalue weighted by atomic mass is 10.0. The predicted octanol–water partition coefficient (Wildman–Crippen LogP) is 9.44. The molecule has 2 heterocycles. The lowest BCUT2D eigenvalue weighted by Gasteiger charge is -2.21. The Morgan fingerprint density at radius 2 is 1.89 bits per heavy atom. The van der Waals surface area contributed by atoms with Crippen LogP contribution in [0.15, 0.2) is 66.7 Å². The number of carboxylic acid groups (broad SMARTS) is 1. The minimum atomic E-state index is -0.691. The van der Waals surface area contributed by atoms with E-state index in [1.807, 2.05) is 36.0 Å². The maximum atomic E-state index is 11.4. The number of hydrogen-bond acceptors (Lipinski definition) is 4. The summed E-state index contributed by atoms with van der Waals surface area (Å²) in [6.45, 7) is 0. The van der Waals surface area contributed by atoms with E-state index in [0.29, 0.717) is 14.6 Å². The van der Waals surface area contributed by atoms with Crippen LogP contribution in [-0.2, 0) is 11.2 Å². The van der Waals surface area contributed by atoms with Crippen molar-refractivity contribution >= 4 is 74.6 Å². The number of thioether (sulfide) groups is 1. The highest BCUT2D eigenvalue weighted by Crippen LogP contribution is 2.53. The van der Waals surface area contributed by atoms with Gasteiger partial charge in [0.15, 0.2) is 0 Å². The molecular formula is C30H27Cl2NO2S2. The minimum Gasteiger partial charge on any atom is -0.481 e. The number of fused-ring (bicyclic) bond motifs is 1. The third-order valence-corrected chi connectivity index (χ3v) is 10.4. The van der Waals surface area contributed by atoms with Crippen LogP contribution >= 0.6 is 46.3 Å². The Hall–Kier alpha value is -2.31. The summed E-state index contributed by atoms with van der Waals surface area (Å²) in [7, 11) is 0. The second kappa shape index (κ2) is 11.6. The molecule has 1 atom stereocenters. The number of nitrogens with zero attached hydrogens (tertiary/aromatic N) is 1. The van der Waals surface area contributed by atoms with Crippen LogP contribution < -0.4 is 0 Å². The Kier molecular flexibility index (Phi) is 8.25. The molecule has 1 fully saturated rings. The summed E-state index contributed by atoms with van der Waals surface area (Å²) in [6.07, 6.45) is 8.35. The van der Waals surface area contributed by atoms with Gasteiger partial charge in [-0.2, -0.15) is 11.8 Å². The number of aromatic nitrogens is 1. The van der Waals surface area contributed by atoms with Gasteiger partial charge in [0.1, 0.15) is 9.85 Å². The van der Waals surface area contributed by atoms with Gasteiger partial charge >= 0.3 is 5.97 Å². The van der Waals surface area contributed by atoms with Gasteiger partial charge in [0.25, 0.3) is 0 Å². The van der Waals surface area contributed by atoms with Crippen molar-refractivity contribution in [3.05, 3.63) is 98.5 Å². The number of rotatable bonds is 11. The molecule has 0 spiro atoms. The standard InChI is InChI=1S/C30H27Cl2NO2S2/c31-27-28-25(37-29(27)32)14-12-23(33-28)11-9-21-7-4-8-22(17-21)24(13-10-20-5-2-1-3-6-20)36-19-30(15-16-30)18-26(34)35/h1-9,11-12,14,17,24H,10,13,15-16,18-19H2,(H,34,35)/b11-9+/t24-/m1/s1. The van der Waals surface area contributed by atoms with Crippen LogP contribution in [0.5, 0.6) is 0 Å². The number of aryl methyl sites for hydroxylation is 1. The first-order valence-corrected chi connectivity index (χ1v) is 14.9. The normalized spacial score (nSPS) is 15.3. The Balaban J connectivity index is 1.34. The lowest BCUT2D eigenvalue weighted by Crippen LogP contribution is -2.12. The molecule has 5 rings (SSSR count). The van der Waals surface area contributed by atoms with Crippen molar-refractivity contribution in [2.24, 2.45) is 5.41 Å². The molecule has 1 N–H and O–H groups in total. The minimum absolute atomic E-state index is 0.0326. The van der Waals surface area contributed by atoms with Gasteiger partial charge < -0.3 is 5.11 Å². The van der Waals surface area contributed by atoms with Crippen molar-refractivity contribution in [1.82, 2.24) is 4.98 Å². The van der Waals surface area contributed by atoms with Gasteiger partial charge in [-0.15, -0.1) is 11.3 Å². The third-order valence-electron chi connectivity index (χ3n) is 6.80. The Bertz CT molecular complexity index is 1430. The molecule has 4 aromatic rings. The van der Waals surface area contributed by atoms with E-state index < -0.39 is 5.97 Å². The van der Waals surface area contributed by atoms with Gasteiger partial charge in [-0.3, -0.25) is 4.79 Å². The number of halogens is 2. The number of hydrogen-bond donors (Lipinski definition) is 1. The van der Waals surface area contributed by atoms with Gasteiger partial charge in [0, 0.05) is 11.0 Å². The van der Waals surface area contributed by atoms with Crippen LogP contribution in [0.2, 0.25) is 9.36 Å². The third kappa shape index (κ3) is 6.77. The van der Waals surface area contributed by atoms with Crippen molar-refractivity contribution in [2.45, 2.75) is 37.4 Å². The highest BCUT2D eigenvalue weighted by Gasteiger charge is 2.44. The molecule has 0 saturated heterocycles. The molecule has 37 heavy (non-hydrogen) atoms. The smallest absolute Gasteiger partial charge is 0.303 e. The molecule has 0 radical (unpaired) electrons. The highest BCUT2D eigenvalue weighted by molar-refractivity contribution is 7.99. The fourth-order valence-electron chi connectivity index (χ4n) is 4.51. The molecule has 0 bridgehead atoms. The van der Waals surface area contributed by atoms with E-state index in [1.165, 1.54) is 22.5 Å². The first-order valence-electron chi connectivity index (χ1n) is 12.3. The van der Waals surface area contributed by atoms with Crippen LogP contribution in [0.4, 0.5) is 0 Å². The molecular weight excluding hydrogens is 541 g/mol. The summed E-state index contributed by atoms with van der Waals surface area (Å²) in [5.74, 6) is 0.191. The maximum Gasteiger partial charge on any atom is 0.303 e. The van der Waals surface area contributed by atoms with Crippen LogP contribution in [-0.4, -0.2) is 21.8 Å². The molecule has 0 amide bonds. The van der Waals surface area contributed by atoms with Gasteiger partial charge in [0.05, 0.1) is 21.8 Å². The fraction of sp³-hybridized carbons (Fsp3) is 0.267. The molecule has 190 valence electrons. The summed E-state index contributed by atoms with van der Waals surface area (Å²) >= 11 is 15.8. The molecule has 7 heteroatoms. The van der Waals surface area contributed by atoms with E-state index in [1.54, 1.807) is 0 Å². The lowest BCUT2D eigenvalue weighted by molar-refractivity contribution is -0.138. The molecule has 1 aliphatic rings. The van der Waals surface area contributed by atoms with E-state index in [-0.39, 0.29) is 11.8 Å². The zero-order valence-corrected chi connectivity index (χ0v) is 23.3. The summed E-state index contributed by atoms with van der Waals surface area (Å²) in [4.78, 5) is 16.0. The molecule has 1 saturated carbocycles. The van der Waals surface area contributed by atoms with Gasteiger partial charge in [-0.05, 0) is 66.0 Å². The predicted molar refractivity (Wildman–Crippen MR) is 159 cm³/mol. The van der Waals surface area contributed by atoms with Crippen molar-refractivity contribution in [2.75, 3.05) is 5.75 Å². The largest absolute Gasteiger partial charge is 0.481 e. The van der Waals surface area contributed by atoms with Crippen molar-refractivity contribution in [3.8, 4) is 0 Å². The highest BCUT2D eigenvalue weighted by atomic mass is 35.5. The van der Waals surface area contributed by atoms with E-state index in [4.69, 9.17) is 23.2 Å². The number of carboxylic acids is 1. The summed E-state index contributed by atoms with van der Waals surface area (Å²) in [5, 5.41) is 10.2. The average molecular weight is 569 g/mol. The summed E-state index contributed by atoms with van der Waals surface area (Å²) in [5.41, 5.74) is 5.23. The van der Waals surface area contributed by atoms with E-state index in [0.717, 1.165) is 52.9 Å². The molecule has 0 unspecified atom stereocenters. The van der Waals surface area contributed by atoms with Crippen LogP contribution in [0.25, 0.3) is 22.4 Å². The molecule has 2 aromatic carbocycles. The number of thiophene rings is 1. The Morgan fingerprint density at radius 3 is 2.65 bits per heavy atom. The maximum absolute atomic E-state index is 11.4. The number of pyridine rings is 1. The van der Waals surface area contributed by atoms with Crippen molar-refractivity contribution in [3.63, 3.8) is 0 Å². The van der Waals surface area contributed by atoms with E-state index in [9.17, 15) is 9.90 Å². The molecule has 1 aliphatic carbocycles.